The van der Waals surface area contributed by atoms with Crippen molar-refractivity contribution in [3.63, 3.8) is 0 Å². The molecule has 2 amide bonds. The molecule has 4 rings (SSSR count). The summed E-state index contributed by atoms with van der Waals surface area (Å²) in [4.78, 5) is 38.8. The van der Waals surface area contributed by atoms with Crippen molar-refractivity contribution in [1.29, 1.82) is 0 Å². The number of hydrogen-bond donors (Lipinski definition) is 2. The Kier molecular flexibility index (Phi) is 7.73. The van der Waals surface area contributed by atoms with Crippen molar-refractivity contribution in [2.24, 2.45) is 5.92 Å². The normalized spacial score (nSPS) is 15.3. The van der Waals surface area contributed by atoms with E-state index < -0.39 is 18.1 Å². The van der Waals surface area contributed by atoms with Crippen molar-refractivity contribution in [1.82, 2.24) is 10.2 Å². The van der Waals surface area contributed by atoms with E-state index >= 15 is 0 Å². The average Bonchev–Trinajstić information content (AvgIpc) is 3.60. The molecule has 0 aromatic heterocycles. The molecule has 2 N–H and O–H groups in total. The molecular formula is C28H34N2O5. The number of carbonyl (C=O) groups is 3. The van der Waals surface area contributed by atoms with E-state index in [4.69, 9.17) is 9.84 Å². The summed E-state index contributed by atoms with van der Waals surface area (Å²) in [6.07, 6.45) is 2.46. The van der Waals surface area contributed by atoms with Crippen LogP contribution in [-0.2, 0) is 14.3 Å². The minimum Gasteiger partial charge on any atom is -0.481 e. The van der Waals surface area contributed by atoms with Crippen molar-refractivity contribution in [2.75, 3.05) is 13.2 Å². The lowest BCUT2D eigenvalue weighted by Gasteiger charge is -2.31. The number of carbonyl (C=O) groups excluding carboxylic acids is 2. The standard InChI is InChI=1S/C28H34N2O5/c1-18(2)30(15-7-12-26(31)32)27(33)25(16-19-13-14-19)29-28(34)35-17-24-22-10-5-3-8-20(22)21-9-4-6-11-23(21)24/h3-6,8-11,18-19,24-25H,7,12-17H2,1-2H3,(H,29,34)(H,31,32)/t25-/m0/s1. The van der Waals surface area contributed by atoms with Crippen molar-refractivity contribution in [3.05, 3.63) is 59.7 Å². The fourth-order valence-electron chi connectivity index (χ4n) is 4.91. The van der Waals surface area contributed by atoms with Gasteiger partial charge in [-0.3, -0.25) is 9.59 Å². The van der Waals surface area contributed by atoms with Crippen LogP contribution in [0.2, 0.25) is 0 Å². The fourth-order valence-corrected chi connectivity index (χ4v) is 4.91. The van der Waals surface area contributed by atoms with Crippen LogP contribution in [0.25, 0.3) is 11.1 Å². The number of fused-ring (bicyclic) bond motifs is 3. The summed E-state index contributed by atoms with van der Waals surface area (Å²) >= 11 is 0. The molecule has 0 bridgehead atoms. The molecule has 0 unspecified atom stereocenters. The van der Waals surface area contributed by atoms with E-state index in [1.54, 1.807) is 4.90 Å². The first-order valence-corrected chi connectivity index (χ1v) is 12.5. The SMILES string of the molecule is CC(C)N(CCCC(=O)O)C(=O)[C@H](CC1CC1)NC(=O)OCC1c2ccccc2-c2ccccc21. The van der Waals surface area contributed by atoms with Gasteiger partial charge < -0.3 is 20.1 Å². The zero-order valence-electron chi connectivity index (χ0n) is 20.4. The number of carboxylic acid groups (broad SMARTS) is 1. The molecule has 2 aliphatic rings. The van der Waals surface area contributed by atoms with Crippen LogP contribution in [0.1, 0.15) is 63.0 Å². The van der Waals surface area contributed by atoms with Gasteiger partial charge in [-0.2, -0.15) is 0 Å². The maximum absolute atomic E-state index is 13.4. The summed E-state index contributed by atoms with van der Waals surface area (Å²) in [5.74, 6) is -0.682. The van der Waals surface area contributed by atoms with E-state index in [9.17, 15) is 14.4 Å². The van der Waals surface area contributed by atoms with Crippen LogP contribution in [-0.4, -0.2) is 53.2 Å². The molecular weight excluding hydrogens is 444 g/mol. The lowest BCUT2D eigenvalue weighted by Crippen LogP contribution is -2.51. The van der Waals surface area contributed by atoms with Crippen LogP contribution >= 0.6 is 0 Å². The molecule has 0 aliphatic heterocycles. The summed E-state index contributed by atoms with van der Waals surface area (Å²) in [5.41, 5.74) is 4.59. The first-order valence-electron chi connectivity index (χ1n) is 12.5. The zero-order chi connectivity index (χ0) is 24.9. The number of aliphatic carboxylic acids is 1. The Morgan fingerprint density at radius 1 is 1.03 bits per heavy atom. The molecule has 0 heterocycles. The highest BCUT2D eigenvalue weighted by atomic mass is 16.5. The van der Waals surface area contributed by atoms with Gasteiger partial charge in [0, 0.05) is 24.9 Å². The van der Waals surface area contributed by atoms with E-state index in [0.717, 1.165) is 35.1 Å². The summed E-state index contributed by atoms with van der Waals surface area (Å²) in [6.45, 7) is 4.34. The van der Waals surface area contributed by atoms with Gasteiger partial charge >= 0.3 is 12.1 Å². The van der Waals surface area contributed by atoms with E-state index in [1.165, 1.54) is 0 Å². The topological polar surface area (TPSA) is 95.9 Å². The van der Waals surface area contributed by atoms with Crippen LogP contribution in [0.3, 0.4) is 0 Å². The molecule has 7 nitrogen and oxygen atoms in total. The second kappa shape index (κ2) is 10.9. The summed E-state index contributed by atoms with van der Waals surface area (Å²) in [5, 5.41) is 11.8. The van der Waals surface area contributed by atoms with Gasteiger partial charge in [-0.25, -0.2) is 4.79 Å². The van der Waals surface area contributed by atoms with E-state index in [1.807, 2.05) is 38.1 Å². The summed E-state index contributed by atoms with van der Waals surface area (Å²) in [6, 6.07) is 15.5. The number of benzene rings is 2. The monoisotopic (exact) mass is 478 g/mol. The van der Waals surface area contributed by atoms with Gasteiger partial charge in [-0.05, 0) is 54.9 Å². The minimum absolute atomic E-state index is 0.00357. The third-order valence-electron chi connectivity index (χ3n) is 6.90. The molecule has 1 saturated carbocycles. The third-order valence-corrected chi connectivity index (χ3v) is 6.90. The molecule has 2 aliphatic carbocycles. The highest BCUT2D eigenvalue weighted by molar-refractivity contribution is 5.86. The fraction of sp³-hybridized carbons (Fsp3) is 0.464. The van der Waals surface area contributed by atoms with Crippen molar-refractivity contribution in [3.8, 4) is 11.1 Å². The largest absolute Gasteiger partial charge is 0.481 e. The smallest absolute Gasteiger partial charge is 0.407 e. The van der Waals surface area contributed by atoms with Gasteiger partial charge in [-0.1, -0.05) is 61.4 Å². The Hall–Kier alpha value is -3.35. The number of nitrogens with one attached hydrogen (secondary N) is 1. The Morgan fingerprint density at radius 2 is 1.63 bits per heavy atom. The lowest BCUT2D eigenvalue weighted by atomic mass is 9.98. The van der Waals surface area contributed by atoms with Gasteiger partial charge in [0.25, 0.3) is 0 Å². The maximum atomic E-state index is 13.4. The Morgan fingerprint density at radius 3 is 2.17 bits per heavy atom. The Bertz CT molecular complexity index is 1030. The van der Waals surface area contributed by atoms with Crippen LogP contribution < -0.4 is 5.32 Å². The second-order valence-corrected chi connectivity index (χ2v) is 9.82. The number of hydrogen-bond acceptors (Lipinski definition) is 4. The molecule has 0 saturated heterocycles. The highest BCUT2D eigenvalue weighted by Gasteiger charge is 2.34. The number of nitrogens with zero attached hydrogens (tertiary/aromatic N) is 1. The van der Waals surface area contributed by atoms with E-state index in [0.29, 0.717) is 25.3 Å². The molecule has 0 spiro atoms. The lowest BCUT2D eigenvalue weighted by molar-refractivity contribution is -0.139. The highest BCUT2D eigenvalue weighted by Crippen LogP contribution is 2.44. The second-order valence-electron chi connectivity index (χ2n) is 9.82. The van der Waals surface area contributed by atoms with E-state index in [-0.39, 0.29) is 30.9 Å². The average molecular weight is 479 g/mol. The number of carboxylic acids is 1. The van der Waals surface area contributed by atoms with Gasteiger partial charge in [0.15, 0.2) is 0 Å². The number of amides is 2. The zero-order valence-corrected chi connectivity index (χ0v) is 20.4. The predicted molar refractivity (Wildman–Crippen MR) is 133 cm³/mol. The Balaban J connectivity index is 1.41. The minimum atomic E-state index is -0.882. The summed E-state index contributed by atoms with van der Waals surface area (Å²) in [7, 11) is 0. The van der Waals surface area contributed by atoms with Gasteiger partial charge in [-0.15, -0.1) is 0 Å². The van der Waals surface area contributed by atoms with Crippen LogP contribution in [0.5, 0.6) is 0 Å². The first kappa shape index (κ1) is 24.8. The number of rotatable bonds is 11. The number of ether oxygens (including phenoxy) is 1. The van der Waals surface area contributed by atoms with Crippen LogP contribution in [0.15, 0.2) is 48.5 Å². The molecule has 186 valence electrons. The van der Waals surface area contributed by atoms with Crippen molar-refractivity contribution in [2.45, 2.75) is 64.0 Å². The quantitative estimate of drug-likeness (QED) is 0.484. The van der Waals surface area contributed by atoms with Gasteiger partial charge in [0.05, 0.1) is 0 Å². The molecule has 2 aromatic carbocycles. The predicted octanol–water partition coefficient (Wildman–Crippen LogP) is 4.80. The molecule has 2 aromatic rings. The van der Waals surface area contributed by atoms with Crippen molar-refractivity contribution < 1.29 is 24.2 Å². The molecule has 35 heavy (non-hydrogen) atoms. The third kappa shape index (κ3) is 6.02. The van der Waals surface area contributed by atoms with Gasteiger partial charge in [0.1, 0.15) is 12.6 Å². The molecule has 0 radical (unpaired) electrons. The molecule has 7 heteroatoms. The molecule has 1 fully saturated rings. The Labute approximate surface area is 206 Å². The van der Waals surface area contributed by atoms with Crippen molar-refractivity contribution >= 4 is 18.0 Å². The van der Waals surface area contributed by atoms with E-state index in [2.05, 4.69) is 29.6 Å². The molecule has 1 atom stereocenters. The van der Waals surface area contributed by atoms with Crippen LogP contribution in [0.4, 0.5) is 4.79 Å². The summed E-state index contributed by atoms with van der Waals surface area (Å²) < 4.78 is 5.68. The maximum Gasteiger partial charge on any atom is 0.407 e. The number of alkyl carbamates (subject to hydrolysis) is 1. The van der Waals surface area contributed by atoms with Crippen LogP contribution in [0, 0.1) is 5.92 Å². The van der Waals surface area contributed by atoms with Gasteiger partial charge in [0.2, 0.25) is 5.91 Å². The first-order chi connectivity index (χ1) is 16.8.